The smallest absolute Gasteiger partial charge is 0.257 e. The van der Waals surface area contributed by atoms with Crippen molar-refractivity contribution in [3.63, 3.8) is 0 Å². The SMILES string of the molecule is NC1CCN(C(=O)c2cn(-c3ccccc3)nc2-c2cccs2)CC1. The number of aromatic nitrogens is 2. The van der Waals surface area contributed by atoms with Gasteiger partial charge >= 0.3 is 0 Å². The number of para-hydroxylation sites is 1. The monoisotopic (exact) mass is 352 g/mol. The van der Waals surface area contributed by atoms with E-state index in [9.17, 15) is 4.79 Å². The zero-order valence-electron chi connectivity index (χ0n) is 13.8. The lowest BCUT2D eigenvalue weighted by Crippen LogP contribution is -2.42. The highest BCUT2D eigenvalue weighted by molar-refractivity contribution is 7.13. The fourth-order valence-corrected chi connectivity index (χ4v) is 3.83. The topological polar surface area (TPSA) is 64.2 Å². The minimum atomic E-state index is 0.0393. The van der Waals surface area contributed by atoms with E-state index in [1.54, 1.807) is 16.0 Å². The van der Waals surface area contributed by atoms with Crippen molar-refractivity contribution in [2.24, 2.45) is 5.73 Å². The lowest BCUT2D eigenvalue weighted by atomic mass is 10.0. The fraction of sp³-hybridized carbons (Fsp3) is 0.263. The maximum Gasteiger partial charge on any atom is 0.257 e. The number of piperidine rings is 1. The molecule has 0 saturated carbocycles. The van der Waals surface area contributed by atoms with E-state index in [0.717, 1.165) is 29.1 Å². The Morgan fingerprint density at radius 2 is 1.88 bits per heavy atom. The standard InChI is InChI=1S/C19H20N4OS/c20-14-8-10-22(11-9-14)19(24)16-13-23(15-5-2-1-3-6-15)21-18(16)17-7-4-12-25-17/h1-7,12-14H,8-11,20H2. The lowest BCUT2D eigenvalue weighted by molar-refractivity contribution is 0.0715. The second kappa shape index (κ2) is 6.82. The third kappa shape index (κ3) is 3.23. The van der Waals surface area contributed by atoms with Gasteiger partial charge in [0.25, 0.3) is 5.91 Å². The van der Waals surface area contributed by atoms with Crippen LogP contribution < -0.4 is 5.73 Å². The molecule has 0 atom stereocenters. The number of hydrogen-bond donors (Lipinski definition) is 1. The number of rotatable bonds is 3. The zero-order valence-corrected chi connectivity index (χ0v) is 14.7. The molecule has 1 aromatic carbocycles. The number of benzene rings is 1. The molecule has 4 rings (SSSR count). The summed E-state index contributed by atoms with van der Waals surface area (Å²) in [6, 6.07) is 14.1. The molecule has 0 spiro atoms. The average molecular weight is 352 g/mol. The molecule has 25 heavy (non-hydrogen) atoms. The molecule has 3 aromatic rings. The molecule has 0 unspecified atom stereocenters. The summed E-state index contributed by atoms with van der Waals surface area (Å²) in [5.74, 6) is 0.0393. The van der Waals surface area contributed by atoms with Crippen molar-refractivity contribution in [2.75, 3.05) is 13.1 Å². The molecule has 6 heteroatoms. The molecule has 128 valence electrons. The van der Waals surface area contributed by atoms with Crippen LogP contribution in [-0.2, 0) is 0 Å². The van der Waals surface area contributed by atoms with Crippen LogP contribution in [0.4, 0.5) is 0 Å². The molecular formula is C19H20N4OS. The Balaban J connectivity index is 1.73. The molecule has 3 heterocycles. The largest absolute Gasteiger partial charge is 0.338 e. The predicted molar refractivity (Wildman–Crippen MR) is 100.0 cm³/mol. The van der Waals surface area contributed by atoms with Crippen molar-refractivity contribution in [1.29, 1.82) is 0 Å². The summed E-state index contributed by atoms with van der Waals surface area (Å²) in [6.45, 7) is 1.42. The number of carbonyl (C=O) groups excluding carboxylic acids is 1. The highest BCUT2D eigenvalue weighted by Crippen LogP contribution is 2.29. The van der Waals surface area contributed by atoms with Gasteiger partial charge in [-0.2, -0.15) is 5.10 Å². The maximum absolute atomic E-state index is 13.1. The number of thiophene rings is 1. The van der Waals surface area contributed by atoms with E-state index in [1.165, 1.54) is 0 Å². The number of hydrogen-bond acceptors (Lipinski definition) is 4. The van der Waals surface area contributed by atoms with Gasteiger partial charge in [-0.05, 0) is 36.4 Å². The van der Waals surface area contributed by atoms with Gasteiger partial charge in [-0.3, -0.25) is 4.79 Å². The van der Waals surface area contributed by atoms with Gasteiger partial charge in [0, 0.05) is 25.3 Å². The lowest BCUT2D eigenvalue weighted by Gasteiger charge is -2.30. The molecule has 1 aliphatic heterocycles. The number of nitrogens with zero attached hydrogens (tertiary/aromatic N) is 3. The summed E-state index contributed by atoms with van der Waals surface area (Å²) < 4.78 is 1.79. The second-order valence-corrected chi connectivity index (χ2v) is 7.23. The van der Waals surface area contributed by atoms with Crippen molar-refractivity contribution in [2.45, 2.75) is 18.9 Å². The molecule has 0 aliphatic carbocycles. The Morgan fingerprint density at radius 1 is 1.12 bits per heavy atom. The summed E-state index contributed by atoms with van der Waals surface area (Å²) in [7, 11) is 0. The molecular weight excluding hydrogens is 332 g/mol. The normalized spacial score (nSPS) is 15.5. The van der Waals surface area contributed by atoms with Crippen LogP contribution >= 0.6 is 11.3 Å². The van der Waals surface area contributed by atoms with Crippen molar-refractivity contribution >= 4 is 17.2 Å². The number of amides is 1. The Labute approximate surface area is 150 Å². The van der Waals surface area contributed by atoms with Gasteiger partial charge in [0.05, 0.1) is 16.1 Å². The van der Waals surface area contributed by atoms with Gasteiger partial charge in [0.15, 0.2) is 0 Å². The summed E-state index contributed by atoms with van der Waals surface area (Å²) in [4.78, 5) is 16.0. The molecule has 1 aliphatic rings. The van der Waals surface area contributed by atoms with Gasteiger partial charge in [0.2, 0.25) is 0 Å². The van der Waals surface area contributed by atoms with Crippen LogP contribution in [0.1, 0.15) is 23.2 Å². The van der Waals surface area contributed by atoms with E-state index >= 15 is 0 Å². The molecule has 0 bridgehead atoms. The first-order valence-electron chi connectivity index (χ1n) is 8.46. The van der Waals surface area contributed by atoms with Gasteiger partial charge in [-0.1, -0.05) is 24.3 Å². The molecule has 0 radical (unpaired) electrons. The van der Waals surface area contributed by atoms with Crippen LogP contribution in [0, 0.1) is 0 Å². The summed E-state index contributed by atoms with van der Waals surface area (Å²) in [6.07, 6.45) is 3.56. The second-order valence-electron chi connectivity index (χ2n) is 6.28. The van der Waals surface area contributed by atoms with E-state index in [0.29, 0.717) is 18.7 Å². The van der Waals surface area contributed by atoms with Crippen LogP contribution in [0.15, 0.2) is 54.0 Å². The minimum absolute atomic E-state index is 0.0393. The third-order valence-electron chi connectivity index (χ3n) is 4.55. The van der Waals surface area contributed by atoms with Gasteiger partial charge < -0.3 is 10.6 Å². The Kier molecular flexibility index (Phi) is 4.38. The van der Waals surface area contributed by atoms with Gasteiger partial charge in [0.1, 0.15) is 5.69 Å². The van der Waals surface area contributed by atoms with E-state index in [4.69, 9.17) is 10.8 Å². The third-order valence-corrected chi connectivity index (χ3v) is 5.42. The van der Waals surface area contributed by atoms with Crippen LogP contribution in [0.2, 0.25) is 0 Å². The van der Waals surface area contributed by atoms with E-state index in [1.807, 2.05) is 58.9 Å². The highest BCUT2D eigenvalue weighted by Gasteiger charge is 2.26. The quantitative estimate of drug-likeness (QED) is 0.787. The number of likely N-dealkylation sites (tertiary alicyclic amines) is 1. The summed E-state index contributed by atoms with van der Waals surface area (Å²) in [5.41, 5.74) is 8.32. The van der Waals surface area contributed by atoms with Crippen LogP contribution in [0.5, 0.6) is 0 Å². The van der Waals surface area contributed by atoms with E-state index in [2.05, 4.69) is 0 Å². The van der Waals surface area contributed by atoms with Crippen LogP contribution in [-0.4, -0.2) is 39.7 Å². The number of nitrogens with two attached hydrogens (primary N) is 1. The molecule has 1 saturated heterocycles. The maximum atomic E-state index is 13.1. The predicted octanol–water partition coefficient (Wildman–Crippen LogP) is 3.16. The van der Waals surface area contributed by atoms with E-state index < -0.39 is 0 Å². The van der Waals surface area contributed by atoms with Gasteiger partial charge in [-0.25, -0.2) is 4.68 Å². The van der Waals surface area contributed by atoms with Crippen LogP contribution in [0.25, 0.3) is 16.3 Å². The van der Waals surface area contributed by atoms with Crippen molar-refractivity contribution in [3.8, 4) is 16.3 Å². The molecule has 2 N–H and O–H groups in total. The zero-order chi connectivity index (χ0) is 17.2. The van der Waals surface area contributed by atoms with Crippen molar-refractivity contribution in [3.05, 3.63) is 59.6 Å². The Bertz CT molecular complexity index is 849. The van der Waals surface area contributed by atoms with Crippen molar-refractivity contribution in [1.82, 2.24) is 14.7 Å². The van der Waals surface area contributed by atoms with Crippen molar-refractivity contribution < 1.29 is 4.79 Å². The molecule has 2 aromatic heterocycles. The Hall–Kier alpha value is -2.44. The molecule has 1 fully saturated rings. The first-order chi connectivity index (χ1) is 12.2. The summed E-state index contributed by atoms with van der Waals surface area (Å²) >= 11 is 1.60. The molecule has 1 amide bonds. The first kappa shape index (κ1) is 16.1. The summed E-state index contributed by atoms with van der Waals surface area (Å²) in [5, 5.41) is 6.71. The first-order valence-corrected chi connectivity index (χ1v) is 9.34. The highest BCUT2D eigenvalue weighted by atomic mass is 32.1. The van der Waals surface area contributed by atoms with Gasteiger partial charge in [-0.15, -0.1) is 11.3 Å². The van der Waals surface area contributed by atoms with Crippen LogP contribution in [0.3, 0.4) is 0 Å². The fourth-order valence-electron chi connectivity index (χ4n) is 3.11. The molecule has 5 nitrogen and oxygen atoms in total. The average Bonchev–Trinajstić information content (AvgIpc) is 3.32. The number of carbonyl (C=O) groups is 1. The minimum Gasteiger partial charge on any atom is -0.338 e. The Morgan fingerprint density at radius 3 is 2.56 bits per heavy atom. The van der Waals surface area contributed by atoms with E-state index in [-0.39, 0.29) is 11.9 Å².